The minimum atomic E-state index is -1.05. The third kappa shape index (κ3) is 3.51. The van der Waals surface area contributed by atoms with Crippen LogP contribution >= 0.6 is 0 Å². The van der Waals surface area contributed by atoms with Gasteiger partial charge in [-0.15, -0.1) is 0 Å². The number of carbonyl (C=O) groups is 3. The van der Waals surface area contributed by atoms with Gasteiger partial charge in [0.1, 0.15) is 6.54 Å². The molecule has 7 heteroatoms. The summed E-state index contributed by atoms with van der Waals surface area (Å²) in [5.74, 6) is -1.36. The third-order valence-electron chi connectivity index (χ3n) is 4.82. The number of hydrogen-bond donors (Lipinski definition) is 1. The maximum Gasteiger partial charge on any atom is 0.335 e. The van der Waals surface area contributed by atoms with E-state index < -0.39 is 5.97 Å². The number of hydrogen-bond acceptors (Lipinski definition) is 4. The summed E-state index contributed by atoms with van der Waals surface area (Å²) in [4.78, 5) is 41.7. The summed E-state index contributed by atoms with van der Waals surface area (Å²) >= 11 is 0. The Morgan fingerprint density at radius 3 is 2.48 bits per heavy atom. The van der Waals surface area contributed by atoms with Crippen molar-refractivity contribution in [2.45, 2.75) is 26.2 Å². The molecule has 0 bridgehead atoms. The number of carbonyl (C=O) groups excluding carboxylic acids is 2. The summed E-state index contributed by atoms with van der Waals surface area (Å²) in [6.45, 7) is 4.32. The maximum absolute atomic E-state index is 12.8. The van der Waals surface area contributed by atoms with Gasteiger partial charge in [0.2, 0.25) is 11.8 Å². The zero-order chi connectivity index (χ0) is 18.0. The standard InChI is InChI=1S/C18H23N3O4/c1-2-20-14-7-6-13(18(24)25)10-15(14)21(12-17(20)23)16(22)11-19-8-4-3-5-9-19/h6-7,10H,2-5,8-9,11-12H2,1H3,(H,24,25). The second kappa shape index (κ2) is 7.23. The van der Waals surface area contributed by atoms with E-state index in [1.165, 1.54) is 23.5 Å². The molecule has 0 atom stereocenters. The van der Waals surface area contributed by atoms with Crippen LogP contribution < -0.4 is 9.80 Å². The largest absolute Gasteiger partial charge is 0.478 e. The lowest BCUT2D eigenvalue weighted by molar-refractivity contribution is -0.123. The number of fused-ring (bicyclic) bond motifs is 1. The number of nitrogens with zero attached hydrogens (tertiary/aromatic N) is 3. The summed E-state index contributed by atoms with van der Waals surface area (Å²) in [6, 6.07) is 4.57. The van der Waals surface area contributed by atoms with Crippen molar-refractivity contribution < 1.29 is 19.5 Å². The summed E-state index contributed by atoms with van der Waals surface area (Å²) in [5, 5.41) is 9.26. The number of benzene rings is 1. The summed E-state index contributed by atoms with van der Waals surface area (Å²) in [5.41, 5.74) is 1.21. The van der Waals surface area contributed by atoms with Crippen LogP contribution in [-0.2, 0) is 9.59 Å². The number of anilines is 2. The molecule has 2 aliphatic heterocycles. The Morgan fingerprint density at radius 1 is 1.12 bits per heavy atom. The van der Waals surface area contributed by atoms with Crippen LogP contribution in [0.4, 0.5) is 11.4 Å². The minimum Gasteiger partial charge on any atom is -0.478 e. The average Bonchev–Trinajstić information content (AvgIpc) is 2.61. The Labute approximate surface area is 146 Å². The lowest BCUT2D eigenvalue weighted by Crippen LogP contribution is -2.51. The van der Waals surface area contributed by atoms with E-state index in [1.54, 1.807) is 11.0 Å². The normalized spacial score (nSPS) is 18.2. The quantitative estimate of drug-likeness (QED) is 0.896. The highest BCUT2D eigenvalue weighted by Gasteiger charge is 2.33. The van der Waals surface area contributed by atoms with Crippen molar-refractivity contribution in [3.05, 3.63) is 23.8 Å². The molecule has 2 amide bonds. The van der Waals surface area contributed by atoms with Gasteiger partial charge in [0.05, 0.1) is 23.5 Å². The maximum atomic E-state index is 12.8. The van der Waals surface area contributed by atoms with Crippen molar-refractivity contribution in [1.29, 1.82) is 0 Å². The van der Waals surface area contributed by atoms with E-state index >= 15 is 0 Å². The summed E-state index contributed by atoms with van der Waals surface area (Å²) in [6.07, 6.45) is 3.34. The van der Waals surface area contributed by atoms with Gasteiger partial charge >= 0.3 is 5.97 Å². The van der Waals surface area contributed by atoms with E-state index in [-0.39, 0.29) is 30.5 Å². The van der Waals surface area contributed by atoms with Crippen LogP contribution in [0.3, 0.4) is 0 Å². The molecule has 1 N–H and O–H groups in total. The van der Waals surface area contributed by atoms with E-state index in [1.807, 2.05) is 6.92 Å². The number of rotatable bonds is 4. The van der Waals surface area contributed by atoms with E-state index in [0.717, 1.165) is 25.9 Å². The number of likely N-dealkylation sites (N-methyl/N-ethyl adjacent to an activating group) is 1. The smallest absolute Gasteiger partial charge is 0.335 e. The highest BCUT2D eigenvalue weighted by molar-refractivity contribution is 6.12. The van der Waals surface area contributed by atoms with E-state index in [4.69, 9.17) is 0 Å². The zero-order valence-corrected chi connectivity index (χ0v) is 14.4. The fourth-order valence-electron chi connectivity index (χ4n) is 3.50. The van der Waals surface area contributed by atoms with Crippen LogP contribution in [0.15, 0.2) is 18.2 Å². The molecule has 3 rings (SSSR count). The summed E-state index contributed by atoms with van der Waals surface area (Å²) in [7, 11) is 0. The third-order valence-corrected chi connectivity index (χ3v) is 4.82. The van der Waals surface area contributed by atoms with Gasteiger partial charge in [-0.25, -0.2) is 4.79 Å². The van der Waals surface area contributed by atoms with Crippen LogP contribution in [0.1, 0.15) is 36.5 Å². The molecule has 1 saturated heterocycles. The highest BCUT2D eigenvalue weighted by Crippen LogP contribution is 2.34. The zero-order valence-electron chi connectivity index (χ0n) is 14.4. The van der Waals surface area contributed by atoms with Crippen molar-refractivity contribution >= 4 is 29.2 Å². The molecule has 134 valence electrons. The van der Waals surface area contributed by atoms with Crippen LogP contribution in [0.2, 0.25) is 0 Å². The molecular weight excluding hydrogens is 322 g/mol. The number of amides is 2. The Bertz CT molecular complexity index is 698. The Balaban J connectivity index is 1.91. The molecule has 0 aromatic heterocycles. The first-order chi connectivity index (χ1) is 12.0. The average molecular weight is 345 g/mol. The molecule has 7 nitrogen and oxygen atoms in total. The van der Waals surface area contributed by atoms with Crippen molar-refractivity contribution in [2.24, 2.45) is 0 Å². The molecule has 1 fully saturated rings. The molecule has 0 unspecified atom stereocenters. The van der Waals surface area contributed by atoms with Gasteiger partial charge < -0.3 is 10.0 Å². The Morgan fingerprint density at radius 2 is 1.84 bits per heavy atom. The molecule has 2 heterocycles. The van der Waals surface area contributed by atoms with Crippen LogP contribution in [0, 0.1) is 0 Å². The lowest BCUT2D eigenvalue weighted by Gasteiger charge is -2.37. The van der Waals surface area contributed by atoms with Gasteiger partial charge in [0, 0.05) is 6.54 Å². The van der Waals surface area contributed by atoms with E-state index in [0.29, 0.717) is 17.9 Å². The van der Waals surface area contributed by atoms with Crippen molar-refractivity contribution in [2.75, 3.05) is 42.5 Å². The predicted molar refractivity (Wildman–Crippen MR) is 94.1 cm³/mol. The monoisotopic (exact) mass is 345 g/mol. The van der Waals surface area contributed by atoms with Crippen LogP contribution in [0.25, 0.3) is 0 Å². The highest BCUT2D eigenvalue weighted by atomic mass is 16.4. The van der Waals surface area contributed by atoms with E-state index in [9.17, 15) is 19.5 Å². The van der Waals surface area contributed by atoms with Crippen molar-refractivity contribution in [1.82, 2.24) is 4.90 Å². The molecule has 1 aromatic carbocycles. The van der Waals surface area contributed by atoms with Crippen LogP contribution in [0.5, 0.6) is 0 Å². The SMILES string of the molecule is CCN1C(=O)CN(C(=O)CN2CCCCC2)c2cc(C(=O)O)ccc21. The molecule has 0 spiro atoms. The first-order valence-electron chi connectivity index (χ1n) is 8.71. The van der Waals surface area contributed by atoms with Gasteiger partial charge in [-0.3, -0.25) is 19.4 Å². The lowest BCUT2D eigenvalue weighted by atomic mass is 10.1. The second-order valence-corrected chi connectivity index (χ2v) is 6.46. The molecule has 2 aliphatic rings. The Hall–Kier alpha value is -2.41. The number of piperidine rings is 1. The molecule has 0 aliphatic carbocycles. The van der Waals surface area contributed by atoms with E-state index in [2.05, 4.69) is 4.90 Å². The topological polar surface area (TPSA) is 81.2 Å². The first-order valence-corrected chi connectivity index (χ1v) is 8.71. The molecular formula is C18H23N3O4. The van der Waals surface area contributed by atoms with Gasteiger partial charge in [0.25, 0.3) is 0 Å². The minimum absolute atomic E-state index is 0.0451. The molecule has 25 heavy (non-hydrogen) atoms. The number of likely N-dealkylation sites (tertiary alicyclic amines) is 1. The fraction of sp³-hybridized carbons (Fsp3) is 0.500. The Kier molecular flexibility index (Phi) is 5.03. The summed E-state index contributed by atoms with van der Waals surface area (Å²) < 4.78 is 0. The molecule has 1 aromatic rings. The molecule has 0 saturated carbocycles. The molecule has 0 radical (unpaired) electrons. The number of carboxylic acids is 1. The van der Waals surface area contributed by atoms with Crippen LogP contribution in [-0.4, -0.2) is 60.5 Å². The fourth-order valence-corrected chi connectivity index (χ4v) is 3.50. The van der Waals surface area contributed by atoms with Crippen molar-refractivity contribution in [3.8, 4) is 0 Å². The van der Waals surface area contributed by atoms with Gasteiger partial charge in [0.15, 0.2) is 0 Å². The predicted octanol–water partition coefficient (Wildman–Crippen LogP) is 1.57. The first kappa shape index (κ1) is 17.4. The van der Waals surface area contributed by atoms with Gasteiger partial charge in [-0.1, -0.05) is 6.42 Å². The second-order valence-electron chi connectivity index (χ2n) is 6.46. The van der Waals surface area contributed by atoms with Gasteiger partial charge in [-0.2, -0.15) is 0 Å². The van der Waals surface area contributed by atoms with Crippen molar-refractivity contribution in [3.63, 3.8) is 0 Å². The number of carboxylic acid groups (broad SMARTS) is 1. The number of aromatic carboxylic acids is 1. The van der Waals surface area contributed by atoms with Gasteiger partial charge in [-0.05, 0) is 51.1 Å².